The van der Waals surface area contributed by atoms with Gasteiger partial charge in [-0.1, -0.05) is 12.1 Å². The Morgan fingerprint density at radius 1 is 1.17 bits per heavy atom. The number of rotatable bonds is 2. The zero-order valence-corrected chi connectivity index (χ0v) is 13.0. The van der Waals surface area contributed by atoms with Crippen molar-refractivity contribution in [3.05, 3.63) is 53.9 Å². The average Bonchev–Trinajstić information content (AvgIpc) is 2.82. The molecule has 0 atom stereocenters. The Hall–Kier alpha value is -2.95. The molecule has 0 unspecified atom stereocenters. The lowest BCUT2D eigenvalue weighted by Gasteiger charge is -2.13. The molecule has 0 spiro atoms. The lowest BCUT2D eigenvalue weighted by atomic mass is 10.1. The Kier molecular flexibility index (Phi) is 3.01. The highest BCUT2D eigenvalue weighted by Crippen LogP contribution is 2.32. The van der Waals surface area contributed by atoms with E-state index in [1.807, 2.05) is 50.4 Å². The number of anilines is 3. The number of fused-ring (bicyclic) bond motifs is 2. The molecule has 0 saturated heterocycles. The van der Waals surface area contributed by atoms with Crippen molar-refractivity contribution in [1.82, 2.24) is 9.97 Å². The van der Waals surface area contributed by atoms with Gasteiger partial charge in [-0.3, -0.25) is 4.79 Å². The minimum atomic E-state index is 0.125. The van der Waals surface area contributed by atoms with Crippen molar-refractivity contribution >= 4 is 34.0 Å². The Morgan fingerprint density at radius 3 is 2.91 bits per heavy atom. The Bertz CT molecular complexity index is 930. The fraction of sp³-hybridized carbons (Fsp3) is 0.167. The van der Waals surface area contributed by atoms with Crippen molar-refractivity contribution in [2.24, 2.45) is 0 Å². The summed E-state index contributed by atoms with van der Waals surface area (Å²) in [7, 11) is 1.81. The molecule has 5 nitrogen and oxygen atoms in total. The molecule has 1 aliphatic rings. The molecule has 2 aromatic carbocycles. The van der Waals surface area contributed by atoms with E-state index in [9.17, 15) is 4.79 Å². The predicted molar refractivity (Wildman–Crippen MR) is 91.1 cm³/mol. The van der Waals surface area contributed by atoms with Crippen LogP contribution in [0.3, 0.4) is 0 Å². The van der Waals surface area contributed by atoms with Gasteiger partial charge in [-0.15, -0.1) is 0 Å². The van der Waals surface area contributed by atoms with Gasteiger partial charge in [0.15, 0.2) is 0 Å². The summed E-state index contributed by atoms with van der Waals surface area (Å²) in [5.41, 5.74) is 4.98. The minimum absolute atomic E-state index is 0.125. The number of carbonyl (C=O) groups excluding carboxylic acids is 1. The second-order valence-corrected chi connectivity index (χ2v) is 5.79. The highest BCUT2D eigenvalue weighted by atomic mass is 16.2. The topological polar surface area (TPSA) is 58.1 Å². The monoisotopic (exact) mass is 304 g/mol. The Morgan fingerprint density at radius 2 is 2.04 bits per heavy atom. The van der Waals surface area contributed by atoms with Crippen molar-refractivity contribution in [2.75, 3.05) is 17.3 Å². The van der Waals surface area contributed by atoms with Crippen LogP contribution < -0.4 is 10.2 Å². The fourth-order valence-electron chi connectivity index (χ4n) is 3.06. The van der Waals surface area contributed by atoms with Crippen molar-refractivity contribution in [1.29, 1.82) is 0 Å². The molecule has 5 heteroatoms. The largest absolute Gasteiger partial charge is 0.340 e. The van der Waals surface area contributed by atoms with Crippen molar-refractivity contribution in [2.45, 2.75) is 13.3 Å². The summed E-state index contributed by atoms with van der Waals surface area (Å²) in [5.74, 6) is 0.909. The first-order valence-electron chi connectivity index (χ1n) is 7.50. The molecule has 2 heterocycles. The van der Waals surface area contributed by atoms with Gasteiger partial charge in [0.05, 0.1) is 11.9 Å². The van der Waals surface area contributed by atoms with Gasteiger partial charge in [-0.25, -0.2) is 9.97 Å². The third-order valence-electron chi connectivity index (χ3n) is 4.29. The fourth-order valence-corrected chi connectivity index (χ4v) is 3.06. The van der Waals surface area contributed by atoms with Crippen molar-refractivity contribution in [3.63, 3.8) is 0 Å². The Labute approximate surface area is 134 Å². The van der Waals surface area contributed by atoms with Gasteiger partial charge >= 0.3 is 0 Å². The lowest BCUT2D eigenvalue weighted by molar-refractivity contribution is -0.117. The molecule has 114 valence electrons. The van der Waals surface area contributed by atoms with E-state index in [1.54, 1.807) is 11.2 Å². The van der Waals surface area contributed by atoms with Gasteiger partial charge in [0, 0.05) is 23.8 Å². The van der Waals surface area contributed by atoms with Gasteiger partial charge in [0.2, 0.25) is 5.91 Å². The van der Waals surface area contributed by atoms with Crippen LogP contribution >= 0.6 is 0 Å². The molecular formula is C18H16N4O. The molecule has 23 heavy (non-hydrogen) atoms. The first-order chi connectivity index (χ1) is 11.1. The molecule has 4 rings (SSSR count). The summed E-state index contributed by atoms with van der Waals surface area (Å²) < 4.78 is 0. The van der Waals surface area contributed by atoms with Crippen LogP contribution in [0.25, 0.3) is 10.9 Å². The first-order valence-corrected chi connectivity index (χ1v) is 7.50. The van der Waals surface area contributed by atoms with Gasteiger partial charge in [0.1, 0.15) is 12.1 Å². The number of hydrogen-bond donors (Lipinski definition) is 1. The summed E-state index contributed by atoms with van der Waals surface area (Å²) in [4.78, 5) is 22.2. The molecular weight excluding hydrogens is 288 g/mol. The number of benzene rings is 2. The summed E-state index contributed by atoms with van der Waals surface area (Å²) in [5, 5.41) is 4.38. The second-order valence-electron chi connectivity index (χ2n) is 5.79. The molecule has 0 radical (unpaired) electrons. The molecule has 1 aliphatic heterocycles. The van der Waals surface area contributed by atoms with Gasteiger partial charge < -0.3 is 10.2 Å². The van der Waals surface area contributed by atoms with Crippen LogP contribution in [0.1, 0.15) is 11.1 Å². The number of carbonyl (C=O) groups is 1. The van der Waals surface area contributed by atoms with Crippen LogP contribution in [0, 0.1) is 6.92 Å². The van der Waals surface area contributed by atoms with E-state index in [0.29, 0.717) is 6.42 Å². The summed E-state index contributed by atoms with van der Waals surface area (Å²) in [6, 6.07) is 12.0. The van der Waals surface area contributed by atoms with E-state index in [4.69, 9.17) is 0 Å². The molecule has 1 amide bonds. The van der Waals surface area contributed by atoms with Crippen molar-refractivity contribution in [3.8, 4) is 0 Å². The molecule has 1 aromatic heterocycles. The lowest BCUT2D eigenvalue weighted by Crippen LogP contribution is -2.20. The summed E-state index contributed by atoms with van der Waals surface area (Å²) in [6.45, 7) is 2.05. The van der Waals surface area contributed by atoms with Gasteiger partial charge in [-0.2, -0.15) is 0 Å². The number of hydrogen-bond acceptors (Lipinski definition) is 4. The predicted octanol–water partition coefficient (Wildman–Crippen LogP) is 3.20. The standard InChI is InChI=1S/C18H16N4O/c1-11-4-3-5-14-17(11)18(20-10-19-14)21-13-6-7-15-12(8-13)9-16(23)22(15)2/h3-8,10H,9H2,1-2H3,(H,19,20,21). The van der Waals surface area contributed by atoms with Crippen molar-refractivity contribution < 1.29 is 4.79 Å². The third-order valence-corrected chi connectivity index (χ3v) is 4.29. The van der Waals surface area contributed by atoms with E-state index in [1.165, 1.54) is 0 Å². The SMILES string of the molecule is Cc1cccc2ncnc(Nc3ccc4c(c3)CC(=O)N4C)c12. The normalized spacial score (nSPS) is 13.5. The smallest absolute Gasteiger partial charge is 0.231 e. The average molecular weight is 304 g/mol. The quantitative estimate of drug-likeness (QED) is 0.790. The number of nitrogens with one attached hydrogen (secondary N) is 1. The third kappa shape index (κ3) is 2.21. The zero-order chi connectivity index (χ0) is 16.0. The summed E-state index contributed by atoms with van der Waals surface area (Å²) in [6.07, 6.45) is 2.01. The number of aryl methyl sites for hydroxylation is 1. The second kappa shape index (κ2) is 5.05. The van der Waals surface area contributed by atoms with Crippen LogP contribution in [-0.2, 0) is 11.2 Å². The zero-order valence-electron chi connectivity index (χ0n) is 13.0. The number of aromatic nitrogens is 2. The maximum absolute atomic E-state index is 11.8. The Balaban J connectivity index is 1.75. The van der Waals surface area contributed by atoms with Gasteiger partial charge in [-0.05, 0) is 42.3 Å². The van der Waals surface area contributed by atoms with Crippen LogP contribution in [0.2, 0.25) is 0 Å². The van der Waals surface area contributed by atoms with E-state index in [0.717, 1.165) is 39.2 Å². The van der Waals surface area contributed by atoms with E-state index in [2.05, 4.69) is 15.3 Å². The van der Waals surface area contributed by atoms with Gasteiger partial charge in [0.25, 0.3) is 0 Å². The molecule has 0 saturated carbocycles. The van der Waals surface area contributed by atoms with Crippen LogP contribution in [0.15, 0.2) is 42.7 Å². The molecule has 0 aliphatic carbocycles. The highest BCUT2D eigenvalue weighted by molar-refractivity contribution is 6.01. The minimum Gasteiger partial charge on any atom is -0.340 e. The number of likely N-dealkylation sites (N-methyl/N-ethyl adjacent to an activating group) is 1. The molecule has 0 bridgehead atoms. The first kappa shape index (κ1) is 13.7. The molecule has 1 N–H and O–H groups in total. The maximum Gasteiger partial charge on any atom is 0.231 e. The van der Waals surface area contributed by atoms with Crippen LogP contribution in [0.5, 0.6) is 0 Å². The van der Waals surface area contributed by atoms with Crippen LogP contribution in [0.4, 0.5) is 17.2 Å². The molecule has 0 fully saturated rings. The number of nitrogens with zero attached hydrogens (tertiary/aromatic N) is 3. The van der Waals surface area contributed by atoms with E-state index >= 15 is 0 Å². The van der Waals surface area contributed by atoms with E-state index in [-0.39, 0.29) is 5.91 Å². The van der Waals surface area contributed by atoms with E-state index < -0.39 is 0 Å². The summed E-state index contributed by atoms with van der Waals surface area (Å²) >= 11 is 0. The molecule has 3 aromatic rings. The number of amides is 1. The van der Waals surface area contributed by atoms with Crippen LogP contribution in [-0.4, -0.2) is 22.9 Å². The maximum atomic E-state index is 11.8. The highest BCUT2D eigenvalue weighted by Gasteiger charge is 2.23.